The maximum atomic E-state index is 11.0. The fraction of sp³-hybridized carbons (Fsp3) is 0.188. The Morgan fingerprint density at radius 1 is 1.10 bits per heavy atom. The van der Waals surface area contributed by atoms with Gasteiger partial charge in [0.15, 0.2) is 0 Å². The molecular formula is C16H18N2O3. The third kappa shape index (κ3) is 3.32. The van der Waals surface area contributed by atoms with Gasteiger partial charge >= 0.3 is 0 Å². The van der Waals surface area contributed by atoms with E-state index >= 15 is 0 Å². The Morgan fingerprint density at radius 3 is 2.24 bits per heavy atom. The first-order chi connectivity index (χ1) is 10.0. The molecular weight excluding hydrogens is 268 g/mol. The van der Waals surface area contributed by atoms with E-state index in [1.807, 2.05) is 25.1 Å². The first kappa shape index (κ1) is 14.9. The molecule has 0 aliphatic carbocycles. The lowest BCUT2D eigenvalue weighted by Gasteiger charge is -2.17. The summed E-state index contributed by atoms with van der Waals surface area (Å²) in [5, 5.41) is 0. The number of ether oxygens (including phenoxy) is 2. The Balaban J connectivity index is 2.33. The molecule has 21 heavy (non-hydrogen) atoms. The smallest absolute Gasteiger partial charge is 0.248 e. The summed E-state index contributed by atoms with van der Waals surface area (Å²) >= 11 is 0. The second-order valence-electron chi connectivity index (χ2n) is 4.65. The molecule has 1 amide bonds. The summed E-state index contributed by atoms with van der Waals surface area (Å²) < 4.78 is 11.2. The number of nitrogens with two attached hydrogens (primary N) is 2. The average molecular weight is 286 g/mol. The highest BCUT2D eigenvalue weighted by atomic mass is 16.5. The number of carbonyl (C=O) groups excluding carboxylic acids is 1. The van der Waals surface area contributed by atoms with Crippen molar-refractivity contribution < 1.29 is 14.3 Å². The van der Waals surface area contributed by atoms with Crippen molar-refractivity contribution in [3.63, 3.8) is 0 Å². The van der Waals surface area contributed by atoms with E-state index in [-0.39, 0.29) is 6.04 Å². The molecule has 0 spiro atoms. The van der Waals surface area contributed by atoms with Crippen LogP contribution in [0.15, 0.2) is 42.5 Å². The van der Waals surface area contributed by atoms with Crippen molar-refractivity contribution >= 4 is 5.91 Å². The summed E-state index contributed by atoms with van der Waals surface area (Å²) in [7, 11) is 1.59. The van der Waals surface area contributed by atoms with Crippen molar-refractivity contribution in [1.82, 2.24) is 0 Å². The number of hydrogen-bond donors (Lipinski definition) is 2. The number of primary amides is 1. The van der Waals surface area contributed by atoms with Gasteiger partial charge in [0.1, 0.15) is 17.2 Å². The van der Waals surface area contributed by atoms with Crippen LogP contribution in [0.1, 0.15) is 28.9 Å². The van der Waals surface area contributed by atoms with Gasteiger partial charge in [-0.3, -0.25) is 4.79 Å². The Kier molecular flexibility index (Phi) is 4.45. The summed E-state index contributed by atoms with van der Waals surface area (Å²) in [6.07, 6.45) is 0. The van der Waals surface area contributed by atoms with Crippen LogP contribution in [-0.2, 0) is 0 Å². The zero-order chi connectivity index (χ0) is 15.4. The lowest BCUT2D eigenvalue weighted by atomic mass is 10.1. The van der Waals surface area contributed by atoms with Gasteiger partial charge in [0, 0.05) is 11.6 Å². The number of methoxy groups -OCH3 is 1. The average Bonchev–Trinajstić information content (AvgIpc) is 2.47. The van der Waals surface area contributed by atoms with Crippen LogP contribution in [-0.4, -0.2) is 13.0 Å². The van der Waals surface area contributed by atoms with Crippen LogP contribution in [0.4, 0.5) is 0 Å². The molecule has 0 heterocycles. The monoisotopic (exact) mass is 286 g/mol. The molecule has 5 heteroatoms. The number of hydrogen-bond acceptors (Lipinski definition) is 4. The van der Waals surface area contributed by atoms with Gasteiger partial charge in [0.2, 0.25) is 5.91 Å². The number of amides is 1. The fourth-order valence-electron chi connectivity index (χ4n) is 2.05. The van der Waals surface area contributed by atoms with Crippen molar-refractivity contribution in [3.05, 3.63) is 53.6 Å². The highest BCUT2D eigenvalue weighted by Gasteiger charge is 2.15. The third-order valence-corrected chi connectivity index (χ3v) is 3.07. The van der Waals surface area contributed by atoms with E-state index < -0.39 is 5.91 Å². The predicted octanol–water partition coefficient (Wildman–Crippen LogP) is 2.61. The Hall–Kier alpha value is -2.53. The number of rotatable bonds is 5. The molecule has 2 aromatic carbocycles. The minimum atomic E-state index is -0.473. The quantitative estimate of drug-likeness (QED) is 0.884. The van der Waals surface area contributed by atoms with Crippen molar-refractivity contribution in [2.75, 3.05) is 7.11 Å². The minimum Gasteiger partial charge on any atom is -0.496 e. The second-order valence-corrected chi connectivity index (χ2v) is 4.65. The summed E-state index contributed by atoms with van der Waals surface area (Å²) in [5.74, 6) is 1.42. The van der Waals surface area contributed by atoms with Crippen LogP contribution in [0.5, 0.6) is 17.2 Å². The summed E-state index contributed by atoms with van der Waals surface area (Å²) in [6, 6.07) is 11.9. The number of carbonyl (C=O) groups is 1. The molecule has 2 aromatic rings. The molecule has 0 unspecified atom stereocenters. The van der Waals surface area contributed by atoms with Crippen LogP contribution in [0, 0.1) is 0 Å². The van der Waals surface area contributed by atoms with Gasteiger partial charge < -0.3 is 20.9 Å². The molecule has 0 fully saturated rings. The topological polar surface area (TPSA) is 87.6 Å². The van der Waals surface area contributed by atoms with Gasteiger partial charge in [-0.15, -0.1) is 0 Å². The molecule has 0 saturated carbocycles. The highest BCUT2D eigenvalue weighted by molar-refractivity contribution is 5.92. The van der Waals surface area contributed by atoms with Crippen molar-refractivity contribution in [2.24, 2.45) is 11.5 Å². The van der Waals surface area contributed by atoms with E-state index in [1.165, 1.54) is 0 Å². The maximum absolute atomic E-state index is 11.0. The van der Waals surface area contributed by atoms with E-state index in [0.29, 0.717) is 22.8 Å². The van der Waals surface area contributed by atoms with Crippen LogP contribution >= 0.6 is 0 Å². The van der Waals surface area contributed by atoms with Crippen LogP contribution in [0.25, 0.3) is 0 Å². The van der Waals surface area contributed by atoms with Gasteiger partial charge in [0.25, 0.3) is 0 Å². The lowest BCUT2D eigenvalue weighted by molar-refractivity contribution is 0.100. The molecule has 5 nitrogen and oxygen atoms in total. The van der Waals surface area contributed by atoms with Gasteiger partial charge in [-0.25, -0.2) is 0 Å². The van der Waals surface area contributed by atoms with Crippen LogP contribution in [0.2, 0.25) is 0 Å². The molecule has 1 atom stereocenters. The summed E-state index contributed by atoms with van der Waals surface area (Å²) in [5.41, 5.74) is 12.4. The predicted molar refractivity (Wildman–Crippen MR) is 80.6 cm³/mol. The molecule has 0 bridgehead atoms. The van der Waals surface area contributed by atoms with E-state index in [9.17, 15) is 4.79 Å². The lowest BCUT2D eigenvalue weighted by Crippen LogP contribution is -2.10. The highest BCUT2D eigenvalue weighted by Crippen LogP contribution is 2.35. The van der Waals surface area contributed by atoms with Crippen molar-refractivity contribution in [1.29, 1.82) is 0 Å². The second kappa shape index (κ2) is 6.28. The van der Waals surface area contributed by atoms with E-state index in [1.54, 1.807) is 31.4 Å². The van der Waals surface area contributed by atoms with Gasteiger partial charge in [-0.2, -0.15) is 0 Å². The Bertz CT molecular complexity index is 636. The molecule has 0 aliphatic rings. The van der Waals surface area contributed by atoms with E-state index in [0.717, 1.165) is 5.56 Å². The SMILES string of the molecule is COc1cccc(Oc2ccc(C(N)=O)cc2)c1[C@@H](C)N. The van der Waals surface area contributed by atoms with Gasteiger partial charge in [-0.1, -0.05) is 6.07 Å². The molecule has 0 aromatic heterocycles. The molecule has 2 rings (SSSR count). The van der Waals surface area contributed by atoms with E-state index in [4.69, 9.17) is 20.9 Å². The minimum absolute atomic E-state index is 0.235. The van der Waals surface area contributed by atoms with Gasteiger partial charge in [0.05, 0.1) is 12.7 Å². The normalized spacial score (nSPS) is 11.8. The zero-order valence-electron chi connectivity index (χ0n) is 12.0. The summed E-state index contributed by atoms with van der Waals surface area (Å²) in [4.78, 5) is 11.0. The molecule has 110 valence electrons. The van der Waals surface area contributed by atoms with Crippen LogP contribution < -0.4 is 20.9 Å². The van der Waals surface area contributed by atoms with E-state index in [2.05, 4.69) is 0 Å². The largest absolute Gasteiger partial charge is 0.496 e. The molecule has 0 saturated heterocycles. The zero-order valence-corrected chi connectivity index (χ0v) is 12.0. The standard InChI is InChI=1S/C16H18N2O3/c1-10(17)15-13(20-2)4-3-5-14(15)21-12-8-6-11(7-9-12)16(18)19/h3-10H,17H2,1-2H3,(H2,18,19)/t10-/m1/s1. The summed E-state index contributed by atoms with van der Waals surface area (Å²) in [6.45, 7) is 1.86. The molecule has 4 N–H and O–H groups in total. The van der Waals surface area contributed by atoms with Crippen molar-refractivity contribution in [2.45, 2.75) is 13.0 Å². The number of benzene rings is 2. The Labute approximate surface area is 123 Å². The van der Waals surface area contributed by atoms with Crippen LogP contribution in [0.3, 0.4) is 0 Å². The van der Waals surface area contributed by atoms with Crippen molar-refractivity contribution in [3.8, 4) is 17.2 Å². The molecule has 0 aliphatic heterocycles. The first-order valence-corrected chi connectivity index (χ1v) is 6.53. The fourth-order valence-corrected chi connectivity index (χ4v) is 2.05. The molecule has 0 radical (unpaired) electrons. The third-order valence-electron chi connectivity index (χ3n) is 3.07. The Morgan fingerprint density at radius 2 is 1.71 bits per heavy atom. The van der Waals surface area contributed by atoms with Gasteiger partial charge in [-0.05, 0) is 43.3 Å². The maximum Gasteiger partial charge on any atom is 0.248 e. The first-order valence-electron chi connectivity index (χ1n) is 6.53.